The van der Waals surface area contributed by atoms with Crippen molar-refractivity contribution in [2.45, 2.75) is 13.8 Å². The molecule has 0 bridgehead atoms. The molecule has 0 unspecified atom stereocenters. The second-order valence-corrected chi connectivity index (χ2v) is 3.62. The zero-order chi connectivity index (χ0) is 10.1. The third-order valence-electron chi connectivity index (χ3n) is 2.38. The van der Waals surface area contributed by atoms with Gasteiger partial charge < -0.3 is 9.97 Å². The number of hydrogen-bond acceptors (Lipinski definition) is 0. The standard InChI is InChI=1S/C12H14N2/c1-8-6-12(14-10(8)3)7-11-5-4-9(2)13-11/h4-7,13-14H,2H2,1,3H3/b11-7-. The zero-order valence-corrected chi connectivity index (χ0v) is 8.52. The second-order valence-electron chi connectivity index (χ2n) is 3.62. The molecule has 0 fully saturated rings. The van der Waals surface area contributed by atoms with Crippen molar-refractivity contribution in [1.29, 1.82) is 0 Å². The van der Waals surface area contributed by atoms with Crippen molar-refractivity contribution in [1.82, 2.24) is 9.97 Å². The van der Waals surface area contributed by atoms with Gasteiger partial charge in [0.2, 0.25) is 0 Å². The van der Waals surface area contributed by atoms with Crippen LogP contribution in [0.15, 0.2) is 18.2 Å². The molecular formula is C12H14N2. The Morgan fingerprint density at radius 3 is 2.50 bits per heavy atom. The summed E-state index contributed by atoms with van der Waals surface area (Å²) in [6.07, 6.45) is 2.08. The van der Waals surface area contributed by atoms with Crippen molar-refractivity contribution in [3.05, 3.63) is 45.8 Å². The van der Waals surface area contributed by atoms with E-state index < -0.39 is 0 Å². The highest BCUT2D eigenvalue weighted by molar-refractivity contribution is 5.47. The van der Waals surface area contributed by atoms with Crippen molar-refractivity contribution in [2.24, 2.45) is 0 Å². The van der Waals surface area contributed by atoms with Gasteiger partial charge in [-0.15, -0.1) is 0 Å². The van der Waals surface area contributed by atoms with Crippen LogP contribution in [-0.4, -0.2) is 9.97 Å². The van der Waals surface area contributed by atoms with Crippen molar-refractivity contribution in [3.63, 3.8) is 0 Å². The summed E-state index contributed by atoms with van der Waals surface area (Å²) in [5, 5.41) is 2.02. The van der Waals surface area contributed by atoms with Crippen LogP contribution in [0.4, 0.5) is 0 Å². The largest absolute Gasteiger partial charge is 0.359 e. The van der Waals surface area contributed by atoms with E-state index in [1.807, 2.05) is 12.1 Å². The molecule has 2 aromatic heterocycles. The first kappa shape index (κ1) is 8.88. The molecule has 0 aliphatic heterocycles. The quantitative estimate of drug-likeness (QED) is 0.670. The Balaban J connectivity index is 2.48. The Morgan fingerprint density at radius 2 is 2.00 bits per heavy atom. The predicted octanol–water partition coefficient (Wildman–Crippen LogP) is 1.20. The molecule has 72 valence electrons. The summed E-state index contributed by atoms with van der Waals surface area (Å²) < 4.78 is 0. The van der Waals surface area contributed by atoms with Gasteiger partial charge in [0.15, 0.2) is 0 Å². The molecular weight excluding hydrogens is 172 g/mol. The number of aryl methyl sites for hydroxylation is 2. The van der Waals surface area contributed by atoms with Crippen LogP contribution in [0, 0.1) is 13.8 Å². The van der Waals surface area contributed by atoms with Gasteiger partial charge in [0, 0.05) is 22.1 Å². The molecule has 2 nitrogen and oxygen atoms in total. The molecule has 0 spiro atoms. The third-order valence-corrected chi connectivity index (χ3v) is 2.38. The first-order chi connectivity index (χ1) is 6.65. The number of H-pyrrole nitrogens is 2. The lowest BCUT2D eigenvalue weighted by molar-refractivity contribution is 1.21. The summed E-state index contributed by atoms with van der Waals surface area (Å²) in [6, 6.07) is 6.13. The molecule has 2 heterocycles. The van der Waals surface area contributed by atoms with E-state index >= 15 is 0 Å². The maximum Gasteiger partial charge on any atom is 0.0405 e. The van der Waals surface area contributed by atoms with Crippen molar-refractivity contribution in [3.8, 4) is 0 Å². The van der Waals surface area contributed by atoms with Crippen LogP contribution in [0.25, 0.3) is 12.7 Å². The molecule has 2 aromatic rings. The van der Waals surface area contributed by atoms with E-state index in [-0.39, 0.29) is 0 Å². The molecule has 14 heavy (non-hydrogen) atoms. The van der Waals surface area contributed by atoms with Gasteiger partial charge in [0.1, 0.15) is 0 Å². The monoisotopic (exact) mass is 186 g/mol. The summed E-state index contributed by atoms with van der Waals surface area (Å²) in [4.78, 5) is 6.47. The second kappa shape index (κ2) is 3.22. The lowest BCUT2D eigenvalue weighted by Gasteiger charge is -1.84. The van der Waals surface area contributed by atoms with E-state index in [4.69, 9.17) is 0 Å². The average Bonchev–Trinajstić information content (AvgIpc) is 2.62. The summed E-state index contributed by atoms with van der Waals surface area (Å²) in [5.41, 5.74) is 3.64. The number of aromatic nitrogens is 2. The Morgan fingerprint density at radius 1 is 1.21 bits per heavy atom. The van der Waals surface area contributed by atoms with Gasteiger partial charge >= 0.3 is 0 Å². The van der Waals surface area contributed by atoms with Gasteiger partial charge in [-0.25, -0.2) is 0 Å². The Bertz CT molecular complexity index is 524. The fraction of sp³-hybridized carbons (Fsp3) is 0.167. The first-order valence-corrected chi connectivity index (χ1v) is 4.67. The molecule has 0 aliphatic carbocycles. The highest BCUT2D eigenvalue weighted by Gasteiger charge is 1.96. The fourth-order valence-corrected chi connectivity index (χ4v) is 1.48. The number of nitrogens with one attached hydrogen (secondary N) is 2. The summed E-state index contributed by atoms with van der Waals surface area (Å²) in [7, 11) is 0. The fourth-order valence-electron chi connectivity index (χ4n) is 1.48. The average molecular weight is 186 g/mol. The molecule has 2 N–H and O–H groups in total. The normalized spacial score (nSPS) is 12.3. The van der Waals surface area contributed by atoms with Crippen LogP contribution in [0.2, 0.25) is 0 Å². The highest BCUT2D eigenvalue weighted by atomic mass is 14.7. The Labute approximate surface area is 83.0 Å². The molecule has 2 heteroatoms. The van der Waals surface area contributed by atoms with Crippen LogP contribution in [-0.2, 0) is 0 Å². The maximum atomic E-state index is 3.82. The predicted molar refractivity (Wildman–Crippen MR) is 59.4 cm³/mol. The van der Waals surface area contributed by atoms with Crippen molar-refractivity contribution in [2.75, 3.05) is 0 Å². The summed E-state index contributed by atoms with van der Waals surface area (Å²) >= 11 is 0. The third kappa shape index (κ3) is 1.64. The topological polar surface area (TPSA) is 31.6 Å². The van der Waals surface area contributed by atoms with Gasteiger partial charge in [-0.1, -0.05) is 6.58 Å². The van der Waals surface area contributed by atoms with Gasteiger partial charge in [-0.05, 0) is 43.7 Å². The van der Waals surface area contributed by atoms with Crippen LogP contribution in [0.3, 0.4) is 0 Å². The van der Waals surface area contributed by atoms with Crippen LogP contribution >= 0.6 is 0 Å². The minimum absolute atomic E-state index is 0.941. The zero-order valence-electron chi connectivity index (χ0n) is 8.52. The van der Waals surface area contributed by atoms with E-state index in [1.54, 1.807) is 0 Å². The lowest BCUT2D eigenvalue weighted by Crippen LogP contribution is -2.07. The van der Waals surface area contributed by atoms with Crippen LogP contribution < -0.4 is 10.7 Å². The van der Waals surface area contributed by atoms with Gasteiger partial charge in [0.25, 0.3) is 0 Å². The molecule has 0 saturated carbocycles. The lowest BCUT2D eigenvalue weighted by atomic mass is 10.3. The number of aromatic amines is 2. The summed E-state index contributed by atoms with van der Waals surface area (Å²) in [5.74, 6) is 0. The molecule has 0 saturated heterocycles. The molecule has 0 radical (unpaired) electrons. The summed E-state index contributed by atoms with van der Waals surface area (Å²) in [6.45, 7) is 8.00. The van der Waals surface area contributed by atoms with E-state index in [9.17, 15) is 0 Å². The van der Waals surface area contributed by atoms with E-state index in [0.717, 1.165) is 16.4 Å². The van der Waals surface area contributed by atoms with E-state index in [0.29, 0.717) is 0 Å². The van der Waals surface area contributed by atoms with Crippen molar-refractivity contribution < 1.29 is 0 Å². The minimum Gasteiger partial charge on any atom is -0.359 e. The van der Waals surface area contributed by atoms with Crippen LogP contribution in [0.5, 0.6) is 0 Å². The maximum absolute atomic E-state index is 3.82. The van der Waals surface area contributed by atoms with E-state index in [1.165, 1.54) is 11.3 Å². The first-order valence-electron chi connectivity index (χ1n) is 4.67. The smallest absolute Gasteiger partial charge is 0.0405 e. The molecule has 0 aromatic carbocycles. The minimum atomic E-state index is 0.941. The number of hydrogen-bond donors (Lipinski definition) is 2. The Hall–Kier alpha value is -1.70. The van der Waals surface area contributed by atoms with Gasteiger partial charge in [-0.3, -0.25) is 0 Å². The van der Waals surface area contributed by atoms with Gasteiger partial charge in [-0.2, -0.15) is 0 Å². The SMILES string of the molecule is C=c1cc/c(=C/c2cc(C)c(C)[nH]2)[nH]1. The van der Waals surface area contributed by atoms with E-state index in [2.05, 4.69) is 42.5 Å². The van der Waals surface area contributed by atoms with Crippen molar-refractivity contribution >= 4 is 12.7 Å². The highest BCUT2D eigenvalue weighted by Crippen LogP contribution is 2.07. The Kier molecular flexibility index (Phi) is 2.04. The molecule has 0 amide bonds. The molecule has 0 atom stereocenters. The molecule has 0 aliphatic rings. The van der Waals surface area contributed by atoms with Crippen LogP contribution in [0.1, 0.15) is 17.0 Å². The number of rotatable bonds is 1. The molecule has 2 rings (SSSR count). The van der Waals surface area contributed by atoms with Gasteiger partial charge in [0.05, 0.1) is 0 Å².